The van der Waals surface area contributed by atoms with Gasteiger partial charge in [0, 0.05) is 27.0 Å². The highest BCUT2D eigenvalue weighted by atomic mass is 16.7. The van der Waals surface area contributed by atoms with E-state index in [0.29, 0.717) is 0 Å². The van der Waals surface area contributed by atoms with Gasteiger partial charge in [-0.2, -0.15) is 5.10 Å². The molecule has 80 valence electrons. The van der Waals surface area contributed by atoms with Crippen molar-refractivity contribution in [2.75, 3.05) is 14.2 Å². The molecular formula is C10H18N2O2. The standard InChI is InChI=1S/C10H18N2O2/c1-4-5-8-12-9(6-7-11-12)10(13-2)14-3/h6-7,10H,4-5,8H2,1-3H3. The van der Waals surface area contributed by atoms with E-state index in [1.807, 2.05) is 10.7 Å². The second-order valence-corrected chi connectivity index (χ2v) is 3.14. The van der Waals surface area contributed by atoms with E-state index in [0.717, 1.165) is 25.1 Å². The summed E-state index contributed by atoms with van der Waals surface area (Å²) in [6.45, 7) is 3.08. The Labute approximate surface area is 84.8 Å². The third kappa shape index (κ3) is 2.56. The Bertz CT molecular complexity index is 256. The molecule has 1 aromatic heterocycles. The predicted octanol–water partition coefficient (Wildman–Crippen LogP) is 1.97. The Morgan fingerprint density at radius 2 is 2.14 bits per heavy atom. The molecule has 0 atom stereocenters. The molecule has 0 aromatic carbocycles. The molecule has 0 bridgehead atoms. The lowest BCUT2D eigenvalue weighted by molar-refractivity contribution is -0.111. The summed E-state index contributed by atoms with van der Waals surface area (Å²) in [5.74, 6) is 0. The van der Waals surface area contributed by atoms with Crippen LogP contribution in [0, 0.1) is 0 Å². The minimum atomic E-state index is -0.311. The SMILES string of the molecule is CCCCn1nccc1C(OC)OC. The minimum absolute atomic E-state index is 0.311. The average molecular weight is 198 g/mol. The molecule has 0 saturated carbocycles. The maximum absolute atomic E-state index is 5.18. The Morgan fingerprint density at radius 1 is 1.43 bits per heavy atom. The van der Waals surface area contributed by atoms with Crippen molar-refractivity contribution in [3.8, 4) is 0 Å². The van der Waals surface area contributed by atoms with Crippen LogP contribution >= 0.6 is 0 Å². The van der Waals surface area contributed by atoms with Crippen LogP contribution in [0.15, 0.2) is 12.3 Å². The van der Waals surface area contributed by atoms with Crippen molar-refractivity contribution in [1.82, 2.24) is 9.78 Å². The van der Waals surface area contributed by atoms with E-state index < -0.39 is 0 Å². The zero-order valence-corrected chi connectivity index (χ0v) is 9.06. The van der Waals surface area contributed by atoms with Gasteiger partial charge in [-0.05, 0) is 12.5 Å². The molecule has 0 N–H and O–H groups in total. The van der Waals surface area contributed by atoms with Crippen LogP contribution in [-0.4, -0.2) is 24.0 Å². The molecule has 0 unspecified atom stereocenters. The van der Waals surface area contributed by atoms with Crippen molar-refractivity contribution in [3.05, 3.63) is 18.0 Å². The normalized spacial score (nSPS) is 11.1. The summed E-state index contributed by atoms with van der Waals surface area (Å²) in [5.41, 5.74) is 0.975. The third-order valence-corrected chi connectivity index (χ3v) is 2.14. The Kier molecular flexibility index (Phi) is 4.62. The number of hydrogen-bond donors (Lipinski definition) is 0. The van der Waals surface area contributed by atoms with E-state index in [-0.39, 0.29) is 6.29 Å². The van der Waals surface area contributed by atoms with Gasteiger partial charge < -0.3 is 9.47 Å². The average Bonchev–Trinajstić information content (AvgIpc) is 2.65. The lowest BCUT2D eigenvalue weighted by Crippen LogP contribution is -2.12. The third-order valence-electron chi connectivity index (χ3n) is 2.14. The lowest BCUT2D eigenvalue weighted by atomic mass is 10.3. The monoisotopic (exact) mass is 198 g/mol. The highest BCUT2D eigenvalue weighted by molar-refractivity contribution is 5.02. The number of aryl methyl sites for hydroxylation is 1. The Hall–Kier alpha value is -0.870. The molecule has 0 aliphatic heterocycles. The van der Waals surface area contributed by atoms with E-state index in [1.165, 1.54) is 0 Å². The van der Waals surface area contributed by atoms with Gasteiger partial charge in [-0.3, -0.25) is 4.68 Å². The molecular weight excluding hydrogens is 180 g/mol. The summed E-state index contributed by atoms with van der Waals surface area (Å²) < 4.78 is 12.3. The first-order valence-electron chi connectivity index (χ1n) is 4.90. The fourth-order valence-corrected chi connectivity index (χ4v) is 1.38. The fraction of sp³-hybridized carbons (Fsp3) is 0.700. The number of rotatable bonds is 6. The molecule has 14 heavy (non-hydrogen) atoms. The molecule has 0 saturated heterocycles. The van der Waals surface area contributed by atoms with Gasteiger partial charge in [0.2, 0.25) is 0 Å². The van der Waals surface area contributed by atoms with Crippen LogP contribution in [0.1, 0.15) is 31.7 Å². The van der Waals surface area contributed by atoms with Crippen LogP contribution in [0.25, 0.3) is 0 Å². The zero-order valence-electron chi connectivity index (χ0n) is 9.06. The molecule has 1 aromatic rings. The van der Waals surface area contributed by atoms with E-state index in [2.05, 4.69) is 12.0 Å². The summed E-state index contributed by atoms with van der Waals surface area (Å²) in [6, 6.07) is 1.92. The summed E-state index contributed by atoms with van der Waals surface area (Å²) in [6.07, 6.45) is 3.74. The fourth-order valence-electron chi connectivity index (χ4n) is 1.38. The van der Waals surface area contributed by atoms with Crippen LogP contribution < -0.4 is 0 Å². The molecule has 0 aliphatic carbocycles. The zero-order chi connectivity index (χ0) is 10.4. The van der Waals surface area contributed by atoms with Crippen LogP contribution in [0.4, 0.5) is 0 Å². The Morgan fingerprint density at radius 3 is 2.71 bits per heavy atom. The van der Waals surface area contributed by atoms with E-state index in [1.54, 1.807) is 20.4 Å². The van der Waals surface area contributed by atoms with Gasteiger partial charge in [-0.25, -0.2) is 0 Å². The predicted molar refractivity (Wildman–Crippen MR) is 53.9 cm³/mol. The van der Waals surface area contributed by atoms with Gasteiger partial charge in [0.15, 0.2) is 6.29 Å². The van der Waals surface area contributed by atoms with Gasteiger partial charge in [-0.1, -0.05) is 13.3 Å². The van der Waals surface area contributed by atoms with E-state index in [9.17, 15) is 0 Å². The highest BCUT2D eigenvalue weighted by Gasteiger charge is 2.13. The van der Waals surface area contributed by atoms with Crippen molar-refractivity contribution in [2.24, 2.45) is 0 Å². The van der Waals surface area contributed by atoms with Crippen molar-refractivity contribution < 1.29 is 9.47 Å². The number of ether oxygens (including phenoxy) is 2. The molecule has 0 fully saturated rings. The molecule has 0 aliphatic rings. The molecule has 1 rings (SSSR count). The van der Waals surface area contributed by atoms with Gasteiger partial charge in [0.25, 0.3) is 0 Å². The van der Waals surface area contributed by atoms with Crippen LogP contribution in [0.2, 0.25) is 0 Å². The first kappa shape index (κ1) is 11.2. The summed E-state index contributed by atoms with van der Waals surface area (Å²) >= 11 is 0. The molecule has 1 heterocycles. The maximum atomic E-state index is 5.18. The van der Waals surface area contributed by atoms with Crippen molar-refractivity contribution >= 4 is 0 Å². The quantitative estimate of drug-likeness (QED) is 0.656. The summed E-state index contributed by atoms with van der Waals surface area (Å²) in [4.78, 5) is 0. The molecule has 0 amide bonds. The molecule has 4 heteroatoms. The lowest BCUT2D eigenvalue weighted by Gasteiger charge is -2.15. The van der Waals surface area contributed by atoms with Crippen molar-refractivity contribution in [3.63, 3.8) is 0 Å². The van der Waals surface area contributed by atoms with E-state index in [4.69, 9.17) is 9.47 Å². The van der Waals surface area contributed by atoms with E-state index >= 15 is 0 Å². The largest absolute Gasteiger partial charge is 0.350 e. The second-order valence-electron chi connectivity index (χ2n) is 3.14. The molecule has 0 radical (unpaired) electrons. The topological polar surface area (TPSA) is 36.3 Å². The van der Waals surface area contributed by atoms with Gasteiger partial charge in [0.05, 0.1) is 5.69 Å². The van der Waals surface area contributed by atoms with Crippen molar-refractivity contribution in [1.29, 1.82) is 0 Å². The minimum Gasteiger partial charge on any atom is -0.350 e. The molecule has 4 nitrogen and oxygen atoms in total. The number of unbranched alkanes of at least 4 members (excludes halogenated alkanes) is 1. The maximum Gasteiger partial charge on any atom is 0.200 e. The number of methoxy groups -OCH3 is 2. The summed E-state index contributed by atoms with van der Waals surface area (Å²) in [7, 11) is 3.26. The van der Waals surface area contributed by atoms with Crippen LogP contribution in [0.5, 0.6) is 0 Å². The molecule has 0 spiro atoms. The smallest absolute Gasteiger partial charge is 0.200 e. The van der Waals surface area contributed by atoms with Gasteiger partial charge >= 0.3 is 0 Å². The summed E-state index contributed by atoms with van der Waals surface area (Å²) in [5, 5.41) is 4.23. The first-order valence-corrected chi connectivity index (χ1v) is 4.90. The second kappa shape index (κ2) is 5.78. The number of aromatic nitrogens is 2. The van der Waals surface area contributed by atoms with Crippen LogP contribution in [-0.2, 0) is 16.0 Å². The Balaban J connectivity index is 2.69. The first-order chi connectivity index (χ1) is 6.83. The van der Waals surface area contributed by atoms with Crippen LogP contribution in [0.3, 0.4) is 0 Å². The van der Waals surface area contributed by atoms with Gasteiger partial charge in [0.1, 0.15) is 0 Å². The number of nitrogens with zero attached hydrogens (tertiary/aromatic N) is 2. The highest BCUT2D eigenvalue weighted by Crippen LogP contribution is 2.16. The van der Waals surface area contributed by atoms with Crippen molar-refractivity contribution in [2.45, 2.75) is 32.6 Å². The number of hydrogen-bond acceptors (Lipinski definition) is 3. The van der Waals surface area contributed by atoms with Gasteiger partial charge in [-0.15, -0.1) is 0 Å².